The van der Waals surface area contributed by atoms with Crippen molar-refractivity contribution >= 4 is 11.8 Å². The lowest BCUT2D eigenvalue weighted by Gasteiger charge is -2.34. The summed E-state index contributed by atoms with van der Waals surface area (Å²) in [6.45, 7) is 5.89. The molecular formula is C10H21NO2S. The summed E-state index contributed by atoms with van der Waals surface area (Å²) in [6, 6.07) is 0.487. The molecule has 4 heteroatoms. The normalized spacial score (nSPS) is 26.4. The molecular weight excluding hydrogens is 198 g/mol. The van der Waals surface area contributed by atoms with Gasteiger partial charge in [0.25, 0.3) is 0 Å². The molecule has 1 fully saturated rings. The number of nitrogens with one attached hydrogen (secondary N) is 1. The second-order valence-electron chi connectivity index (χ2n) is 4.54. The van der Waals surface area contributed by atoms with E-state index in [1.165, 1.54) is 12.2 Å². The average Bonchev–Trinajstić information content (AvgIpc) is 2.11. The summed E-state index contributed by atoms with van der Waals surface area (Å²) in [7, 11) is 1.68. The molecule has 0 radical (unpaired) electrons. The van der Waals surface area contributed by atoms with Crippen molar-refractivity contribution in [3.63, 3.8) is 0 Å². The molecule has 0 aliphatic carbocycles. The average molecular weight is 219 g/mol. The van der Waals surface area contributed by atoms with Crippen LogP contribution in [0.1, 0.15) is 20.3 Å². The molecule has 1 saturated heterocycles. The lowest BCUT2D eigenvalue weighted by atomic mass is 9.88. The molecule has 1 unspecified atom stereocenters. The van der Waals surface area contributed by atoms with Crippen LogP contribution in [-0.4, -0.2) is 37.9 Å². The van der Waals surface area contributed by atoms with Gasteiger partial charge in [-0.3, -0.25) is 4.84 Å². The summed E-state index contributed by atoms with van der Waals surface area (Å²) >= 11 is 2.00. The highest BCUT2D eigenvalue weighted by molar-refractivity contribution is 7.99. The van der Waals surface area contributed by atoms with Crippen LogP contribution in [0.3, 0.4) is 0 Å². The van der Waals surface area contributed by atoms with Crippen molar-refractivity contribution in [2.24, 2.45) is 5.41 Å². The first kappa shape index (κ1) is 12.3. The Labute approximate surface area is 90.9 Å². The van der Waals surface area contributed by atoms with Crippen molar-refractivity contribution in [3.8, 4) is 0 Å². The van der Waals surface area contributed by atoms with Gasteiger partial charge in [0.2, 0.25) is 0 Å². The molecule has 14 heavy (non-hydrogen) atoms. The van der Waals surface area contributed by atoms with Gasteiger partial charge < -0.3 is 4.74 Å². The van der Waals surface area contributed by atoms with Crippen molar-refractivity contribution in [1.29, 1.82) is 0 Å². The highest BCUT2D eigenvalue weighted by Gasteiger charge is 2.28. The van der Waals surface area contributed by atoms with Gasteiger partial charge in [-0.2, -0.15) is 17.2 Å². The van der Waals surface area contributed by atoms with Crippen LogP contribution in [0.15, 0.2) is 0 Å². The summed E-state index contributed by atoms with van der Waals surface area (Å²) in [5.74, 6) is 2.40. The predicted octanol–water partition coefficient (Wildman–Crippen LogP) is 1.69. The number of ether oxygens (including phenoxy) is 1. The second kappa shape index (κ2) is 5.95. The Kier molecular flexibility index (Phi) is 5.23. The maximum Gasteiger partial charge on any atom is 0.0916 e. The Morgan fingerprint density at radius 2 is 2.21 bits per heavy atom. The summed E-state index contributed by atoms with van der Waals surface area (Å²) in [5, 5.41) is 0. The van der Waals surface area contributed by atoms with Gasteiger partial charge in [-0.05, 0) is 17.6 Å². The zero-order valence-electron chi connectivity index (χ0n) is 9.34. The Hall–Kier alpha value is 0.230. The monoisotopic (exact) mass is 219 g/mol. The second-order valence-corrected chi connectivity index (χ2v) is 5.57. The van der Waals surface area contributed by atoms with Gasteiger partial charge in [-0.1, -0.05) is 13.8 Å². The van der Waals surface area contributed by atoms with Crippen LogP contribution in [-0.2, 0) is 9.57 Å². The summed E-state index contributed by atoms with van der Waals surface area (Å²) in [5.41, 5.74) is 3.55. The van der Waals surface area contributed by atoms with Crippen molar-refractivity contribution in [2.75, 3.05) is 31.8 Å². The summed E-state index contributed by atoms with van der Waals surface area (Å²) < 4.78 is 4.90. The molecule has 1 atom stereocenters. The van der Waals surface area contributed by atoms with Crippen LogP contribution in [0.5, 0.6) is 0 Å². The summed E-state index contributed by atoms with van der Waals surface area (Å²) in [6.07, 6.45) is 1.19. The van der Waals surface area contributed by atoms with Crippen molar-refractivity contribution in [1.82, 2.24) is 5.48 Å². The van der Waals surface area contributed by atoms with E-state index in [0.29, 0.717) is 24.7 Å². The van der Waals surface area contributed by atoms with E-state index in [-0.39, 0.29) is 0 Å². The maximum absolute atomic E-state index is 5.32. The van der Waals surface area contributed by atoms with Gasteiger partial charge in [-0.15, -0.1) is 0 Å². The van der Waals surface area contributed by atoms with Gasteiger partial charge in [0.1, 0.15) is 0 Å². The van der Waals surface area contributed by atoms with Gasteiger partial charge in [0, 0.05) is 18.9 Å². The number of methoxy groups -OCH3 is 1. The molecule has 0 spiro atoms. The topological polar surface area (TPSA) is 30.5 Å². The third-order valence-electron chi connectivity index (χ3n) is 2.25. The van der Waals surface area contributed by atoms with Gasteiger partial charge in [0.05, 0.1) is 13.2 Å². The molecule has 1 N–H and O–H groups in total. The lowest BCUT2D eigenvalue weighted by Crippen LogP contribution is -2.40. The van der Waals surface area contributed by atoms with Crippen LogP contribution in [0.2, 0.25) is 0 Å². The highest BCUT2D eigenvalue weighted by Crippen LogP contribution is 2.33. The molecule has 84 valence electrons. The molecule has 0 saturated carbocycles. The Bertz CT molecular complexity index is 164. The molecule has 0 amide bonds. The highest BCUT2D eigenvalue weighted by atomic mass is 32.2. The Morgan fingerprint density at radius 1 is 1.43 bits per heavy atom. The zero-order chi connectivity index (χ0) is 10.4. The fraction of sp³-hybridized carbons (Fsp3) is 1.00. The predicted molar refractivity (Wildman–Crippen MR) is 60.5 cm³/mol. The first-order valence-corrected chi connectivity index (χ1v) is 6.23. The van der Waals surface area contributed by atoms with Gasteiger partial charge in [0.15, 0.2) is 0 Å². The minimum absolute atomic E-state index is 0.436. The number of hydrogen-bond donors (Lipinski definition) is 1. The molecule has 0 aromatic rings. The van der Waals surface area contributed by atoms with E-state index in [0.717, 1.165) is 5.75 Å². The first-order chi connectivity index (χ1) is 6.64. The quantitative estimate of drug-likeness (QED) is 0.563. The van der Waals surface area contributed by atoms with Crippen molar-refractivity contribution in [2.45, 2.75) is 26.3 Å². The SMILES string of the molecule is COCCONC1CSCC(C)(C)C1. The first-order valence-electron chi connectivity index (χ1n) is 5.08. The van der Waals surface area contributed by atoms with E-state index in [9.17, 15) is 0 Å². The molecule has 0 aromatic heterocycles. The van der Waals surface area contributed by atoms with Crippen molar-refractivity contribution < 1.29 is 9.57 Å². The van der Waals surface area contributed by atoms with E-state index in [1.54, 1.807) is 7.11 Å². The fourth-order valence-electron chi connectivity index (χ4n) is 1.64. The Morgan fingerprint density at radius 3 is 2.86 bits per heavy atom. The van der Waals surface area contributed by atoms with Crippen LogP contribution in [0.4, 0.5) is 0 Å². The lowest BCUT2D eigenvalue weighted by molar-refractivity contribution is -0.0148. The molecule has 0 aromatic carbocycles. The van der Waals surface area contributed by atoms with E-state index in [4.69, 9.17) is 9.57 Å². The summed E-state index contributed by atoms with van der Waals surface area (Å²) in [4.78, 5) is 5.32. The molecule has 1 rings (SSSR count). The van der Waals surface area contributed by atoms with Crippen LogP contribution >= 0.6 is 11.8 Å². The van der Waals surface area contributed by atoms with Crippen LogP contribution < -0.4 is 5.48 Å². The van der Waals surface area contributed by atoms with Gasteiger partial charge >= 0.3 is 0 Å². The van der Waals surface area contributed by atoms with Gasteiger partial charge in [-0.25, -0.2) is 0 Å². The van der Waals surface area contributed by atoms with Crippen LogP contribution in [0.25, 0.3) is 0 Å². The molecule has 1 aliphatic rings. The van der Waals surface area contributed by atoms with Crippen molar-refractivity contribution in [3.05, 3.63) is 0 Å². The third-order valence-corrected chi connectivity index (χ3v) is 3.87. The number of thioether (sulfide) groups is 1. The van der Waals surface area contributed by atoms with E-state index < -0.39 is 0 Å². The maximum atomic E-state index is 5.32. The fourth-order valence-corrected chi connectivity index (χ4v) is 2.90. The number of rotatable bonds is 5. The van der Waals surface area contributed by atoms with Crippen LogP contribution in [0, 0.1) is 5.41 Å². The van der Waals surface area contributed by atoms with E-state index >= 15 is 0 Å². The van der Waals surface area contributed by atoms with E-state index in [1.807, 2.05) is 11.8 Å². The molecule has 1 aliphatic heterocycles. The smallest absolute Gasteiger partial charge is 0.0916 e. The molecule has 0 bridgehead atoms. The molecule has 1 heterocycles. The minimum atomic E-state index is 0.436. The zero-order valence-corrected chi connectivity index (χ0v) is 10.2. The largest absolute Gasteiger partial charge is 0.382 e. The Balaban J connectivity index is 2.12. The third kappa shape index (κ3) is 4.64. The standard InChI is InChI=1S/C10H21NO2S/c1-10(2)6-9(7-14-8-10)11-13-5-4-12-3/h9,11H,4-8H2,1-3H3. The number of hydrogen-bond acceptors (Lipinski definition) is 4. The molecule has 3 nitrogen and oxygen atoms in total. The number of hydroxylamine groups is 1. The van der Waals surface area contributed by atoms with E-state index in [2.05, 4.69) is 19.3 Å². The minimum Gasteiger partial charge on any atom is -0.382 e.